The second kappa shape index (κ2) is 4.74. The smallest absolute Gasteiger partial charge is 0.219 e. The standard InChI is InChI=1S/C11H14N2O3/c12-11(14)3-4-13-8-1-2-9-10(7-8)16-6-5-15-9/h1-2,7,13H,3-6H2,(H2,12,14). The van der Waals surface area contributed by atoms with Crippen LogP contribution in [-0.2, 0) is 4.79 Å². The van der Waals surface area contributed by atoms with Crippen molar-refractivity contribution in [3.05, 3.63) is 18.2 Å². The van der Waals surface area contributed by atoms with Crippen LogP contribution < -0.4 is 20.5 Å². The van der Waals surface area contributed by atoms with Gasteiger partial charge < -0.3 is 20.5 Å². The highest BCUT2D eigenvalue weighted by molar-refractivity contribution is 5.74. The largest absolute Gasteiger partial charge is 0.486 e. The monoisotopic (exact) mass is 222 g/mol. The number of amides is 1. The van der Waals surface area contributed by atoms with E-state index < -0.39 is 0 Å². The Kier molecular flexibility index (Phi) is 3.14. The van der Waals surface area contributed by atoms with Crippen molar-refractivity contribution < 1.29 is 14.3 Å². The van der Waals surface area contributed by atoms with E-state index in [0.717, 1.165) is 17.2 Å². The van der Waals surface area contributed by atoms with E-state index in [9.17, 15) is 4.79 Å². The lowest BCUT2D eigenvalue weighted by molar-refractivity contribution is -0.117. The zero-order chi connectivity index (χ0) is 11.4. The summed E-state index contributed by atoms with van der Waals surface area (Å²) in [6.07, 6.45) is 0.314. The van der Waals surface area contributed by atoms with Gasteiger partial charge in [0.2, 0.25) is 5.91 Å². The molecule has 1 aromatic rings. The van der Waals surface area contributed by atoms with E-state index in [4.69, 9.17) is 15.2 Å². The minimum absolute atomic E-state index is 0.314. The predicted octanol–water partition coefficient (Wildman–Crippen LogP) is 0.745. The Bertz CT molecular complexity index is 393. The Morgan fingerprint density at radius 2 is 2.06 bits per heavy atom. The van der Waals surface area contributed by atoms with Gasteiger partial charge in [-0.3, -0.25) is 4.79 Å². The molecule has 0 radical (unpaired) electrons. The molecule has 1 aromatic carbocycles. The molecule has 0 saturated heterocycles. The van der Waals surface area contributed by atoms with Crippen molar-refractivity contribution in [2.24, 2.45) is 5.73 Å². The van der Waals surface area contributed by atoms with E-state index in [2.05, 4.69) is 5.32 Å². The lowest BCUT2D eigenvalue weighted by Gasteiger charge is -2.19. The number of hydrogen-bond donors (Lipinski definition) is 2. The third-order valence-corrected chi connectivity index (χ3v) is 2.24. The van der Waals surface area contributed by atoms with E-state index in [1.54, 1.807) is 0 Å². The van der Waals surface area contributed by atoms with E-state index in [0.29, 0.717) is 26.2 Å². The van der Waals surface area contributed by atoms with Crippen molar-refractivity contribution in [2.45, 2.75) is 6.42 Å². The number of hydrogen-bond acceptors (Lipinski definition) is 4. The molecule has 0 atom stereocenters. The van der Waals surface area contributed by atoms with Gasteiger partial charge in [0.15, 0.2) is 11.5 Å². The second-order valence-electron chi connectivity index (χ2n) is 3.50. The molecule has 0 aliphatic carbocycles. The molecule has 0 fully saturated rings. The molecule has 3 N–H and O–H groups in total. The van der Waals surface area contributed by atoms with Crippen LogP contribution in [0.4, 0.5) is 5.69 Å². The molecule has 0 aromatic heterocycles. The highest BCUT2D eigenvalue weighted by Crippen LogP contribution is 2.32. The van der Waals surface area contributed by atoms with Gasteiger partial charge in [0.1, 0.15) is 13.2 Å². The summed E-state index contributed by atoms with van der Waals surface area (Å²) >= 11 is 0. The first-order chi connectivity index (χ1) is 7.75. The molecular formula is C11H14N2O3. The lowest BCUT2D eigenvalue weighted by Crippen LogP contribution is -2.17. The van der Waals surface area contributed by atoms with Crippen molar-refractivity contribution in [3.8, 4) is 11.5 Å². The maximum Gasteiger partial charge on any atom is 0.219 e. The van der Waals surface area contributed by atoms with Gasteiger partial charge in [-0.05, 0) is 12.1 Å². The predicted molar refractivity (Wildman–Crippen MR) is 59.7 cm³/mol. The average Bonchev–Trinajstić information content (AvgIpc) is 2.28. The number of rotatable bonds is 4. The Morgan fingerprint density at radius 3 is 2.81 bits per heavy atom. The number of benzene rings is 1. The third-order valence-electron chi connectivity index (χ3n) is 2.24. The molecule has 0 bridgehead atoms. The Morgan fingerprint density at radius 1 is 1.31 bits per heavy atom. The summed E-state index contributed by atoms with van der Waals surface area (Å²) in [5.41, 5.74) is 5.94. The number of nitrogens with one attached hydrogen (secondary N) is 1. The minimum atomic E-state index is -0.315. The SMILES string of the molecule is NC(=O)CCNc1ccc2c(c1)OCCO2. The molecule has 1 amide bonds. The van der Waals surface area contributed by atoms with Crippen molar-refractivity contribution in [3.63, 3.8) is 0 Å². The Balaban J connectivity index is 1.97. The summed E-state index contributed by atoms with van der Waals surface area (Å²) < 4.78 is 10.8. The number of primary amides is 1. The van der Waals surface area contributed by atoms with Crippen LogP contribution in [0.1, 0.15) is 6.42 Å². The maximum absolute atomic E-state index is 10.6. The first-order valence-electron chi connectivity index (χ1n) is 5.17. The van der Waals surface area contributed by atoms with Crippen molar-refractivity contribution >= 4 is 11.6 Å². The van der Waals surface area contributed by atoms with E-state index in [1.165, 1.54) is 0 Å². The fourth-order valence-corrected chi connectivity index (χ4v) is 1.48. The summed E-state index contributed by atoms with van der Waals surface area (Å²) in [5.74, 6) is 1.17. The van der Waals surface area contributed by atoms with Gasteiger partial charge >= 0.3 is 0 Å². The van der Waals surface area contributed by atoms with Crippen LogP contribution in [0.3, 0.4) is 0 Å². The highest BCUT2D eigenvalue weighted by atomic mass is 16.6. The summed E-state index contributed by atoms with van der Waals surface area (Å²) in [5, 5.41) is 3.09. The normalized spacial score (nSPS) is 13.2. The average molecular weight is 222 g/mol. The molecular weight excluding hydrogens is 208 g/mol. The molecule has 5 heteroatoms. The van der Waals surface area contributed by atoms with E-state index >= 15 is 0 Å². The van der Waals surface area contributed by atoms with Gasteiger partial charge in [-0.2, -0.15) is 0 Å². The quantitative estimate of drug-likeness (QED) is 0.788. The molecule has 5 nitrogen and oxygen atoms in total. The molecule has 1 aliphatic rings. The van der Waals surface area contributed by atoms with Crippen molar-refractivity contribution in [1.29, 1.82) is 0 Å². The Hall–Kier alpha value is -1.91. The van der Waals surface area contributed by atoms with E-state index in [-0.39, 0.29) is 5.91 Å². The summed E-state index contributed by atoms with van der Waals surface area (Å²) in [7, 11) is 0. The second-order valence-corrected chi connectivity index (χ2v) is 3.50. The van der Waals surface area contributed by atoms with Crippen LogP contribution in [0.25, 0.3) is 0 Å². The highest BCUT2D eigenvalue weighted by Gasteiger charge is 2.11. The summed E-state index contributed by atoms with van der Waals surface area (Å²) in [4.78, 5) is 10.6. The van der Waals surface area contributed by atoms with Gasteiger partial charge in [0.05, 0.1) is 0 Å². The van der Waals surface area contributed by atoms with Crippen LogP contribution in [0.2, 0.25) is 0 Å². The fraction of sp³-hybridized carbons (Fsp3) is 0.364. The topological polar surface area (TPSA) is 73.6 Å². The van der Waals surface area contributed by atoms with E-state index in [1.807, 2.05) is 18.2 Å². The van der Waals surface area contributed by atoms with Crippen LogP contribution in [0, 0.1) is 0 Å². The van der Waals surface area contributed by atoms with Gasteiger partial charge in [0.25, 0.3) is 0 Å². The maximum atomic E-state index is 10.6. The lowest BCUT2D eigenvalue weighted by atomic mass is 10.2. The van der Waals surface area contributed by atoms with Crippen molar-refractivity contribution in [1.82, 2.24) is 0 Å². The number of ether oxygens (including phenoxy) is 2. The van der Waals surface area contributed by atoms with Gasteiger partial charge in [-0.25, -0.2) is 0 Å². The molecule has 1 aliphatic heterocycles. The number of fused-ring (bicyclic) bond motifs is 1. The summed E-state index contributed by atoms with van der Waals surface area (Å²) in [6, 6.07) is 5.59. The number of carbonyl (C=O) groups is 1. The molecule has 0 saturated carbocycles. The Labute approximate surface area is 93.5 Å². The molecule has 86 valence electrons. The molecule has 16 heavy (non-hydrogen) atoms. The molecule has 2 rings (SSSR count). The van der Waals surface area contributed by atoms with Crippen LogP contribution in [-0.4, -0.2) is 25.7 Å². The molecule has 0 unspecified atom stereocenters. The first-order valence-corrected chi connectivity index (χ1v) is 5.17. The number of nitrogens with two attached hydrogens (primary N) is 1. The number of carbonyl (C=O) groups excluding carboxylic acids is 1. The third kappa shape index (κ3) is 2.56. The van der Waals surface area contributed by atoms with Gasteiger partial charge in [-0.1, -0.05) is 0 Å². The van der Waals surface area contributed by atoms with Gasteiger partial charge in [-0.15, -0.1) is 0 Å². The number of anilines is 1. The molecule has 1 heterocycles. The zero-order valence-corrected chi connectivity index (χ0v) is 8.86. The summed E-state index contributed by atoms with van der Waals surface area (Å²) in [6.45, 7) is 1.67. The zero-order valence-electron chi connectivity index (χ0n) is 8.86. The fourth-order valence-electron chi connectivity index (χ4n) is 1.48. The minimum Gasteiger partial charge on any atom is -0.486 e. The van der Waals surface area contributed by atoms with Gasteiger partial charge in [0, 0.05) is 24.7 Å². The molecule has 0 spiro atoms. The first kappa shape index (κ1) is 10.6. The van der Waals surface area contributed by atoms with Crippen LogP contribution in [0.5, 0.6) is 11.5 Å². The van der Waals surface area contributed by atoms with Crippen LogP contribution >= 0.6 is 0 Å². The van der Waals surface area contributed by atoms with Crippen LogP contribution in [0.15, 0.2) is 18.2 Å². The van der Waals surface area contributed by atoms with Crippen molar-refractivity contribution in [2.75, 3.05) is 25.1 Å².